The topological polar surface area (TPSA) is 43.3 Å². The lowest BCUT2D eigenvalue weighted by atomic mass is 9.98. The van der Waals surface area contributed by atoms with E-state index in [4.69, 9.17) is 4.74 Å². The molecular formula is C23H39N5O. The predicted octanol–water partition coefficient (Wildman–Crippen LogP) is 2.33. The summed E-state index contributed by atoms with van der Waals surface area (Å²) in [6.45, 7) is 12.3. The van der Waals surface area contributed by atoms with Gasteiger partial charge >= 0.3 is 0 Å². The molecule has 2 aliphatic rings. The van der Waals surface area contributed by atoms with Gasteiger partial charge in [0.15, 0.2) is 5.96 Å². The molecule has 162 valence electrons. The van der Waals surface area contributed by atoms with Gasteiger partial charge in [-0.15, -0.1) is 0 Å². The Morgan fingerprint density at radius 2 is 1.83 bits per heavy atom. The first kappa shape index (κ1) is 21.9. The van der Waals surface area contributed by atoms with Crippen LogP contribution in [0.15, 0.2) is 29.3 Å². The van der Waals surface area contributed by atoms with Gasteiger partial charge in [-0.05, 0) is 37.1 Å². The Morgan fingerprint density at radius 1 is 1.14 bits per heavy atom. The lowest BCUT2D eigenvalue weighted by molar-refractivity contribution is 0.0897. The zero-order chi connectivity index (χ0) is 20.8. The molecule has 29 heavy (non-hydrogen) atoms. The molecule has 0 amide bonds. The Kier molecular flexibility index (Phi) is 7.78. The number of piperazine rings is 1. The highest BCUT2D eigenvalue weighted by Gasteiger charge is 2.28. The molecule has 6 nitrogen and oxygen atoms in total. The lowest BCUT2D eigenvalue weighted by Gasteiger charge is -2.40. The fourth-order valence-corrected chi connectivity index (χ4v) is 4.57. The van der Waals surface area contributed by atoms with Crippen molar-refractivity contribution < 1.29 is 4.74 Å². The first-order valence-corrected chi connectivity index (χ1v) is 11.0. The molecule has 3 rings (SSSR count). The molecule has 2 aliphatic heterocycles. The molecule has 0 spiro atoms. The number of benzene rings is 1. The average Bonchev–Trinajstić information content (AvgIpc) is 3.22. The van der Waals surface area contributed by atoms with E-state index in [2.05, 4.69) is 70.2 Å². The van der Waals surface area contributed by atoms with Crippen LogP contribution in [0, 0.1) is 5.92 Å². The van der Waals surface area contributed by atoms with Crippen LogP contribution in [-0.4, -0.2) is 93.7 Å². The number of nitrogens with zero attached hydrogens (tertiary/aromatic N) is 4. The Labute approximate surface area is 176 Å². The predicted molar refractivity (Wildman–Crippen MR) is 121 cm³/mol. The van der Waals surface area contributed by atoms with E-state index in [9.17, 15) is 0 Å². The van der Waals surface area contributed by atoms with Crippen molar-refractivity contribution in [1.29, 1.82) is 0 Å². The molecule has 2 heterocycles. The summed E-state index contributed by atoms with van der Waals surface area (Å²) in [4.78, 5) is 12.1. The third-order valence-corrected chi connectivity index (χ3v) is 6.53. The summed E-state index contributed by atoms with van der Waals surface area (Å²) < 4.78 is 5.29. The van der Waals surface area contributed by atoms with Gasteiger partial charge in [0.05, 0.1) is 7.11 Å². The van der Waals surface area contributed by atoms with Crippen molar-refractivity contribution in [2.75, 3.05) is 67.0 Å². The summed E-state index contributed by atoms with van der Waals surface area (Å²) in [5.74, 6) is 3.14. The van der Waals surface area contributed by atoms with Gasteiger partial charge in [0.25, 0.3) is 0 Å². The van der Waals surface area contributed by atoms with Crippen molar-refractivity contribution >= 4 is 5.96 Å². The van der Waals surface area contributed by atoms with Gasteiger partial charge in [-0.25, -0.2) is 0 Å². The highest BCUT2D eigenvalue weighted by atomic mass is 16.5. The number of nitrogens with one attached hydrogen (secondary N) is 1. The highest BCUT2D eigenvalue weighted by Crippen LogP contribution is 2.28. The van der Waals surface area contributed by atoms with Crippen LogP contribution in [0.2, 0.25) is 0 Å². The number of rotatable bonds is 6. The van der Waals surface area contributed by atoms with E-state index >= 15 is 0 Å². The van der Waals surface area contributed by atoms with Gasteiger partial charge in [0.2, 0.25) is 0 Å². The first-order valence-electron chi connectivity index (χ1n) is 11.0. The van der Waals surface area contributed by atoms with Crippen LogP contribution in [0.4, 0.5) is 0 Å². The van der Waals surface area contributed by atoms with Gasteiger partial charge in [-0.3, -0.25) is 9.89 Å². The van der Waals surface area contributed by atoms with E-state index in [0.29, 0.717) is 17.9 Å². The highest BCUT2D eigenvalue weighted by molar-refractivity contribution is 5.80. The number of likely N-dealkylation sites (tertiary alicyclic amines) is 1. The molecule has 0 radical (unpaired) electrons. The number of guanidine groups is 1. The molecule has 2 saturated heterocycles. The second kappa shape index (κ2) is 10.3. The van der Waals surface area contributed by atoms with Crippen LogP contribution < -0.4 is 10.1 Å². The molecule has 2 atom stereocenters. The third kappa shape index (κ3) is 5.64. The van der Waals surface area contributed by atoms with Crippen molar-refractivity contribution in [3.05, 3.63) is 29.8 Å². The molecule has 1 N–H and O–H groups in total. The van der Waals surface area contributed by atoms with Gasteiger partial charge in [-0.2, -0.15) is 0 Å². The largest absolute Gasteiger partial charge is 0.497 e. The fraction of sp³-hybridized carbons (Fsp3) is 0.696. The zero-order valence-corrected chi connectivity index (χ0v) is 18.9. The maximum absolute atomic E-state index is 5.29. The number of aliphatic imine (C=N–C) groups is 1. The van der Waals surface area contributed by atoms with Crippen LogP contribution in [0.1, 0.15) is 31.7 Å². The third-order valence-electron chi connectivity index (χ3n) is 6.53. The summed E-state index contributed by atoms with van der Waals surface area (Å²) >= 11 is 0. The number of hydrogen-bond acceptors (Lipinski definition) is 4. The monoisotopic (exact) mass is 401 g/mol. The van der Waals surface area contributed by atoms with Crippen molar-refractivity contribution in [1.82, 2.24) is 20.0 Å². The fourth-order valence-electron chi connectivity index (χ4n) is 4.57. The number of methoxy groups -OCH3 is 1. The van der Waals surface area contributed by atoms with Crippen LogP contribution in [-0.2, 0) is 0 Å². The van der Waals surface area contributed by atoms with Gasteiger partial charge in [-0.1, -0.05) is 26.0 Å². The Hall–Kier alpha value is -1.79. The SMILES string of the molecule is CN=C(NCC(C(C)C)N1CCN(C)CC1)N1CCC(c2ccc(OC)cc2)C1. The number of likely N-dealkylation sites (N-methyl/N-ethyl adjacent to an activating group) is 1. The molecular weight excluding hydrogens is 362 g/mol. The molecule has 2 fully saturated rings. The van der Waals surface area contributed by atoms with E-state index in [1.165, 1.54) is 12.0 Å². The lowest BCUT2D eigenvalue weighted by Crippen LogP contribution is -2.55. The molecule has 0 bridgehead atoms. The summed E-state index contributed by atoms with van der Waals surface area (Å²) in [6, 6.07) is 9.07. The maximum Gasteiger partial charge on any atom is 0.193 e. The Bertz CT molecular complexity index is 652. The van der Waals surface area contributed by atoms with E-state index in [1.54, 1.807) is 7.11 Å². The smallest absolute Gasteiger partial charge is 0.193 e. The Balaban J connectivity index is 1.55. The molecule has 2 unspecified atom stereocenters. The molecule has 0 aliphatic carbocycles. The van der Waals surface area contributed by atoms with Crippen LogP contribution in [0.25, 0.3) is 0 Å². The van der Waals surface area contributed by atoms with Crippen molar-refractivity contribution in [2.45, 2.75) is 32.2 Å². The zero-order valence-electron chi connectivity index (χ0n) is 18.9. The average molecular weight is 402 g/mol. The van der Waals surface area contributed by atoms with Gasteiger partial charge < -0.3 is 19.9 Å². The summed E-state index contributed by atoms with van der Waals surface area (Å²) in [5.41, 5.74) is 1.39. The summed E-state index contributed by atoms with van der Waals surface area (Å²) in [5, 5.41) is 3.69. The first-order chi connectivity index (χ1) is 14.0. The Morgan fingerprint density at radius 3 is 2.41 bits per heavy atom. The van der Waals surface area contributed by atoms with Crippen LogP contribution in [0.5, 0.6) is 5.75 Å². The van der Waals surface area contributed by atoms with Crippen molar-refractivity contribution in [3.8, 4) is 5.75 Å². The standard InChI is InChI=1S/C23H39N5O/c1-18(2)22(27-14-12-26(4)13-15-27)16-25-23(24-3)28-11-10-20(17-28)19-6-8-21(29-5)9-7-19/h6-9,18,20,22H,10-17H2,1-5H3,(H,24,25). The molecule has 0 saturated carbocycles. The minimum Gasteiger partial charge on any atom is -0.497 e. The quantitative estimate of drug-likeness (QED) is 0.585. The van der Waals surface area contributed by atoms with Crippen molar-refractivity contribution in [3.63, 3.8) is 0 Å². The second-order valence-electron chi connectivity index (χ2n) is 8.78. The maximum atomic E-state index is 5.29. The molecule has 1 aromatic rings. The van der Waals surface area contributed by atoms with Crippen LogP contribution in [0.3, 0.4) is 0 Å². The van der Waals surface area contributed by atoms with Crippen molar-refractivity contribution in [2.24, 2.45) is 10.9 Å². The van der Waals surface area contributed by atoms with Gasteiger partial charge in [0, 0.05) is 64.8 Å². The van der Waals surface area contributed by atoms with E-state index in [-0.39, 0.29) is 0 Å². The van der Waals surface area contributed by atoms with Crippen LogP contribution >= 0.6 is 0 Å². The van der Waals surface area contributed by atoms with E-state index < -0.39 is 0 Å². The van der Waals surface area contributed by atoms with Gasteiger partial charge in [0.1, 0.15) is 5.75 Å². The van der Waals surface area contributed by atoms with E-state index in [1.807, 2.05) is 7.05 Å². The second-order valence-corrected chi connectivity index (χ2v) is 8.78. The summed E-state index contributed by atoms with van der Waals surface area (Å²) in [6.07, 6.45) is 1.17. The molecule has 6 heteroatoms. The normalized spacial score (nSPS) is 22.9. The minimum absolute atomic E-state index is 0.542. The molecule has 0 aromatic heterocycles. The summed E-state index contributed by atoms with van der Waals surface area (Å²) in [7, 11) is 5.84. The van der Waals surface area contributed by atoms with E-state index in [0.717, 1.165) is 57.5 Å². The molecule has 1 aromatic carbocycles. The minimum atomic E-state index is 0.542. The number of ether oxygens (including phenoxy) is 1. The number of hydrogen-bond donors (Lipinski definition) is 1.